The van der Waals surface area contributed by atoms with Crippen LogP contribution in [0.5, 0.6) is 5.75 Å². The second-order valence-corrected chi connectivity index (χ2v) is 9.34. The van der Waals surface area contributed by atoms with Crippen molar-refractivity contribution in [2.24, 2.45) is 5.92 Å². The minimum absolute atomic E-state index is 0.00147. The van der Waals surface area contributed by atoms with Crippen LogP contribution in [-0.4, -0.2) is 31.9 Å². The molecule has 0 aliphatic heterocycles. The quantitative estimate of drug-likeness (QED) is 0.338. The SMILES string of the molecule is CCOC(=O)COc1cccc2c1CCC1CC21CCOC(=O)N(c1ccccc1)c1ccccc1. The molecule has 6 heteroatoms. The Morgan fingerprint density at radius 3 is 2.28 bits per heavy atom. The molecule has 2 aliphatic carbocycles. The van der Waals surface area contributed by atoms with Crippen LogP contribution in [0.3, 0.4) is 0 Å². The van der Waals surface area contributed by atoms with E-state index >= 15 is 0 Å². The van der Waals surface area contributed by atoms with Crippen molar-refractivity contribution >= 4 is 23.4 Å². The smallest absolute Gasteiger partial charge is 0.418 e. The molecule has 1 saturated carbocycles. The fraction of sp³-hybridized carbons (Fsp3) is 0.333. The minimum Gasteiger partial charge on any atom is -0.482 e. The highest BCUT2D eigenvalue weighted by Gasteiger charge is 2.57. The predicted octanol–water partition coefficient (Wildman–Crippen LogP) is 6.20. The summed E-state index contributed by atoms with van der Waals surface area (Å²) >= 11 is 0. The summed E-state index contributed by atoms with van der Waals surface area (Å²) in [7, 11) is 0. The van der Waals surface area contributed by atoms with Gasteiger partial charge in [-0.15, -0.1) is 0 Å². The molecular formula is C30H31NO5. The normalized spacial score (nSPS) is 19.4. The molecule has 3 aromatic carbocycles. The number of rotatable bonds is 9. The fourth-order valence-corrected chi connectivity index (χ4v) is 5.51. The molecule has 0 spiro atoms. The molecule has 3 aromatic rings. The van der Waals surface area contributed by atoms with Gasteiger partial charge in [0.05, 0.1) is 24.6 Å². The molecule has 2 atom stereocenters. The minimum atomic E-state index is -0.386. The van der Waals surface area contributed by atoms with E-state index in [9.17, 15) is 9.59 Å². The molecule has 5 rings (SSSR count). The van der Waals surface area contributed by atoms with Crippen LogP contribution in [0.15, 0.2) is 78.9 Å². The molecule has 1 fully saturated rings. The van der Waals surface area contributed by atoms with Gasteiger partial charge in [-0.25, -0.2) is 14.5 Å². The first kappa shape index (κ1) is 23.9. The van der Waals surface area contributed by atoms with Crippen LogP contribution in [0.4, 0.5) is 16.2 Å². The lowest BCUT2D eigenvalue weighted by Gasteiger charge is -2.28. The highest BCUT2D eigenvalue weighted by molar-refractivity contribution is 5.95. The molecule has 0 heterocycles. The third-order valence-electron chi connectivity index (χ3n) is 7.28. The van der Waals surface area contributed by atoms with E-state index in [0.717, 1.165) is 48.4 Å². The van der Waals surface area contributed by atoms with Gasteiger partial charge in [0.2, 0.25) is 0 Å². The molecule has 36 heavy (non-hydrogen) atoms. The zero-order valence-corrected chi connectivity index (χ0v) is 20.5. The van der Waals surface area contributed by atoms with E-state index in [4.69, 9.17) is 14.2 Å². The number of amides is 1. The van der Waals surface area contributed by atoms with Gasteiger partial charge in [-0.2, -0.15) is 0 Å². The standard InChI is InChI=1S/C30H31NO5/c1-2-34-28(32)21-36-27-15-9-14-26-25(27)17-16-22-20-30(22,26)18-19-35-29(33)31(23-10-5-3-6-11-23)24-12-7-4-8-13-24/h3-15,22H,2,16-21H2,1H3. The Kier molecular flexibility index (Phi) is 6.94. The van der Waals surface area contributed by atoms with Crippen molar-refractivity contribution in [3.63, 3.8) is 0 Å². The van der Waals surface area contributed by atoms with Crippen LogP contribution in [0.1, 0.15) is 37.3 Å². The number of carbonyl (C=O) groups excluding carboxylic acids is 2. The van der Waals surface area contributed by atoms with Gasteiger partial charge in [0, 0.05) is 5.41 Å². The van der Waals surface area contributed by atoms with Crippen molar-refractivity contribution in [2.45, 2.75) is 38.0 Å². The van der Waals surface area contributed by atoms with Gasteiger partial charge in [-0.3, -0.25) is 0 Å². The second kappa shape index (κ2) is 10.4. The number of benzene rings is 3. The first-order chi connectivity index (χ1) is 17.6. The third-order valence-corrected chi connectivity index (χ3v) is 7.28. The molecule has 0 aromatic heterocycles. The molecule has 6 nitrogen and oxygen atoms in total. The number of esters is 1. The first-order valence-electron chi connectivity index (χ1n) is 12.6. The van der Waals surface area contributed by atoms with Crippen molar-refractivity contribution in [1.82, 2.24) is 0 Å². The third kappa shape index (κ3) is 4.81. The monoisotopic (exact) mass is 485 g/mol. The first-order valence-corrected chi connectivity index (χ1v) is 12.6. The van der Waals surface area contributed by atoms with Crippen LogP contribution in [0.25, 0.3) is 0 Å². The Morgan fingerprint density at radius 1 is 0.917 bits per heavy atom. The number of anilines is 2. The van der Waals surface area contributed by atoms with Gasteiger partial charge in [-0.05, 0) is 80.0 Å². The van der Waals surface area contributed by atoms with Crippen molar-refractivity contribution in [1.29, 1.82) is 0 Å². The summed E-state index contributed by atoms with van der Waals surface area (Å²) in [5.41, 5.74) is 3.96. The highest BCUT2D eigenvalue weighted by Crippen LogP contribution is 2.63. The zero-order chi connectivity index (χ0) is 25.0. The van der Waals surface area contributed by atoms with E-state index in [0.29, 0.717) is 19.1 Å². The van der Waals surface area contributed by atoms with E-state index in [2.05, 4.69) is 6.07 Å². The molecule has 1 amide bonds. The summed E-state index contributed by atoms with van der Waals surface area (Å²) in [5.74, 6) is 0.975. The number of hydrogen-bond acceptors (Lipinski definition) is 5. The van der Waals surface area contributed by atoms with Crippen LogP contribution in [0, 0.1) is 5.92 Å². The van der Waals surface area contributed by atoms with Crippen LogP contribution >= 0.6 is 0 Å². The van der Waals surface area contributed by atoms with Gasteiger partial charge in [0.25, 0.3) is 0 Å². The summed E-state index contributed by atoms with van der Waals surface area (Å²) < 4.78 is 16.7. The van der Waals surface area contributed by atoms with E-state index in [1.165, 1.54) is 5.56 Å². The van der Waals surface area contributed by atoms with Crippen LogP contribution in [0.2, 0.25) is 0 Å². The largest absolute Gasteiger partial charge is 0.482 e. The lowest BCUT2D eigenvalue weighted by atomic mass is 9.80. The van der Waals surface area contributed by atoms with Crippen molar-refractivity contribution < 1.29 is 23.8 Å². The number of fused-ring (bicyclic) bond motifs is 3. The lowest BCUT2D eigenvalue weighted by Crippen LogP contribution is -2.28. The van der Waals surface area contributed by atoms with Crippen molar-refractivity contribution in [3.8, 4) is 5.75 Å². The number of para-hydroxylation sites is 2. The Labute approximate surface area is 211 Å². The predicted molar refractivity (Wildman–Crippen MR) is 138 cm³/mol. The molecule has 2 aliphatic rings. The van der Waals surface area contributed by atoms with Crippen molar-refractivity contribution in [3.05, 3.63) is 90.0 Å². The maximum atomic E-state index is 13.2. The molecule has 0 radical (unpaired) electrons. The maximum Gasteiger partial charge on any atom is 0.418 e. The lowest BCUT2D eigenvalue weighted by molar-refractivity contribution is -0.145. The topological polar surface area (TPSA) is 65.1 Å². The highest BCUT2D eigenvalue weighted by atomic mass is 16.6. The van der Waals surface area contributed by atoms with Gasteiger partial charge < -0.3 is 14.2 Å². The number of hydrogen-bond donors (Lipinski definition) is 0. The van der Waals surface area contributed by atoms with E-state index in [1.807, 2.05) is 72.8 Å². The summed E-state index contributed by atoms with van der Waals surface area (Å²) in [6, 6.07) is 25.2. The van der Waals surface area contributed by atoms with Crippen molar-refractivity contribution in [2.75, 3.05) is 24.7 Å². The summed E-state index contributed by atoms with van der Waals surface area (Å²) in [6.45, 7) is 2.36. The Hall–Kier alpha value is -3.80. The molecule has 0 N–H and O–H groups in total. The number of carbonyl (C=O) groups is 2. The average molecular weight is 486 g/mol. The van der Waals surface area contributed by atoms with E-state index < -0.39 is 0 Å². The van der Waals surface area contributed by atoms with Gasteiger partial charge in [0.1, 0.15) is 5.75 Å². The Balaban J connectivity index is 1.28. The second-order valence-electron chi connectivity index (χ2n) is 9.34. The summed E-state index contributed by atoms with van der Waals surface area (Å²) in [4.78, 5) is 26.6. The molecule has 0 saturated heterocycles. The fourth-order valence-electron chi connectivity index (χ4n) is 5.51. The van der Waals surface area contributed by atoms with Gasteiger partial charge in [0.15, 0.2) is 6.61 Å². The molecule has 186 valence electrons. The number of ether oxygens (including phenoxy) is 3. The summed E-state index contributed by atoms with van der Waals surface area (Å²) in [5, 5.41) is 0. The Morgan fingerprint density at radius 2 is 1.61 bits per heavy atom. The van der Waals surface area contributed by atoms with E-state index in [-0.39, 0.29) is 24.1 Å². The molecular weight excluding hydrogens is 454 g/mol. The zero-order valence-electron chi connectivity index (χ0n) is 20.5. The molecule has 2 unspecified atom stereocenters. The Bertz CT molecular complexity index is 1170. The maximum absolute atomic E-state index is 13.2. The summed E-state index contributed by atoms with van der Waals surface area (Å²) in [6.07, 6.45) is 3.45. The van der Waals surface area contributed by atoms with Crippen LogP contribution < -0.4 is 9.64 Å². The van der Waals surface area contributed by atoms with Gasteiger partial charge in [-0.1, -0.05) is 48.5 Å². The van der Waals surface area contributed by atoms with E-state index in [1.54, 1.807) is 11.8 Å². The average Bonchev–Trinajstić information content (AvgIpc) is 3.64. The van der Waals surface area contributed by atoms with Gasteiger partial charge >= 0.3 is 12.1 Å². The van der Waals surface area contributed by atoms with Crippen LogP contribution in [-0.2, 0) is 26.1 Å². The number of nitrogens with zero attached hydrogens (tertiary/aromatic N) is 1. The molecule has 0 bridgehead atoms.